The zero-order valence-corrected chi connectivity index (χ0v) is 10.1. The molecule has 0 saturated heterocycles. The molecular weight excluding hydrogens is 254 g/mol. The van der Waals surface area contributed by atoms with Gasteiger partial charge in [0, 0.05) is 5.69 Å². The average molecular weight is 262 g/mol. The van der Waals surface area contributed by atoms with Crippen molar-refractivity contribution in [2.45, 2.75) is 6.92 Å². The molecule has 0 fully saturated rings. The lowest BCUT2D eigenvalue weighted by atomic mass is 10.4. The fourth-order valence-corrected chi connectivity index (χ4v) is 1.64. The van der Waals surface area contributed by atoms with Gasteiger partial charge in [-0.1, -0.05) is 0 Å². The van der Waals surface area contributed by atoms with Crippen molar-refractivity contribution in [2.24, 2.45) is 0 Å². The largest absolute Gasteiger partial charge is 0.435 e. The Kier molecular flexibility index (Phi) is 2.56. The minimum Gasteiger partial charge on any atom is -0.435 e. The standard InChI is InChI=1S/C11H8ClN5O/c1-6-2-3-7(4-13-6)18-10-8-9(15-5-14-8)16-11(12)17-10/h2-5H,1H3,(H,14,15,16,17). The van der Waals surface area contributed by atoms with Crippen LogP contribution in [0.4, 0.5) is 0 Å². The molecule has 0 amide bonds. The molecule has 6 nitrogen and oxygen atoms in total. The molecule has 0 spiro atoms. The number of fused-ring (bicyclic) bond motifs is 1. The molecule has 0 saturated carbocycles. The molecule has 3 heterocycles. The topological polar surface area (TPSA) is 76.6 Å². The number of imidazole rings is 1. The second-order valence-electron chi connectivity index (χ2n) is 3.64. The van der Waals surface area contributed by atoms with Gasteiger partial charge in [0.2, 0.25) is 11.2 Å². The summed E-state index contributed by atoms with van der Waals surface area (Å²) in [6.07, 6.45) is 3.13. The molecule has 7 heteroatoms. The number of pyridine rings is 1. The van der Waals surface area contributed by atoms with Gasteiger partial charge >= 0.3 is 0 Å². The number of ether oxygens (including phenoxy) is 1. The summed E-state index contributed by atoms with van der Waals surface area (Å²) < 4.78 is 5.62. The monoisotopic (exact) mass is 261 g/mol. The van der Waals surface area contributed by atoms with Crippen LogP contribution in [0, 0.1) is 6.92 Å². The molecule has 0 aromatic carbocycles. The normalized spacial score (nSPS) is 10.8. The summed E-state index contributed by atoms with van der Waals surface area (Å²) in [4.78, 5) is 19.0. The number of hydrogen-bond acceptors (Lipinski definition) is 5. The van der Waals surface area contributed by atoms with E-state index in [4.69, 9.17) is 16.3 Å². The first kappa shape index (κ1) is 10.9. The predicted molar refractivity (Wildman–Crippen MR) is 65.7 cm³/mol. The summed E-state index contributed by atoms with van der Waals surface area (Å²) in [5.74, 6) is 0.902. The Labute approximate surface area is 107 Å². The van der Waals surface area contributed by atoms with E-state index in [2.05, 4.69) is 24.9 Å². The highest BCUT2D eigenvalue weighted by atomic mass is 35.5. The van der Waals surface area contributed by atoms with Gasteiger partial charge < -0.3 is 9.72 Å². The molecule has 3 rings (SSSR count). The van der Waals surface area contributed by atoms with E-state index in [-0.39, 0.29) is 5.28 Å². The maximum atomic E-state index is 5.80. The van der Waals surface area contributed by atoms with Gasteiger partial charge in [-0.2, -0.15) is 9.97 Å². The Morgan fingerprint density at radius 2 is 2.11 bits per heavy atom. The fourth-order valence-electron chi connectivity index (χ4n) is 1.48. The molecule has 0 aliphatic heterocycles. The van der Waals surface area contributed by atoms with E-state index in [9.17, 15) is 0 Å². The number of aromatic nitrogens is 5. The van der Waals surface area contributed by atoms with Gasteiger partial charge in [-0.05, 0) is 30.7 Å². The summed E-state index contributed by atoms with van der Waals surface area (Å²) in [7, 11) is 0. The number of halogens is 1. The minimum atomic E-state index is 0.0877. The van der Waals surface area contributed by atoms with Gasteiger partial charge in [0.15, 0.2) is 5.65 Å². The van der Waals surface area contributed by atoms with Crippen LogP contribution in [-0.2, 0) is 0 Å². The van der Waals surface area contributed by atoms with E-state index in [1.807, 2.05) is 13.0 Å². The van der Waals surface area contributed by atoms with Gasteiger partial charge in [-0.3, -0.25) is 4.98 Å². The average Bonchev–Trinajstić information content (AvgIpc) is 2.80. The lowest BCUT2D eigenvalue weighted by Crippen LogP contribution is -1.93. The van der Waals surface area contributed by atoms with Crippen LogP contribution in [0.25, 0.3) is 11.2 Å². The third kappa shape index (κ3) is 1.98. The van der Waals surface area contributed by atoms with Crippen LogP contribution in [0.1, 0.15) is 5.69 Å². The highest BCUT2D eigenvalue weighted by molar-refractivity contribution is 6.28. The SMILES string of the molecule is Cc1ccc(Oc2nc(Cl)nc3nc[nH]c23)cn1. The molecule has 3 aromatic heterocycles. The van der Waals surface area contributed by atoms with Crippen molar-refractivity contribution in [1.29, 1.82) is 0 Å². The minimum absolute atomic E-state index is 0.0877. The van der Waals surface area contributed by atoms with E-state index in [0.29, 0.717) is 22.8 Å². The zero-order valence-electron chi connectivity index (χ0n) is 9.38. The lowest BCUT2D eigenvalue weighted by Gasteiger charge is -2.05. The van der Waals surface area contributed by atoms with Crippen molar-refractivity contribution in [2.75, 3.05) is 0 Å². The van der Waals surface area contributed by atoms with Gasteiger partial charge in [0.25, 0.3) is 0 Å². The Hall–Kier alpha value is -2.21. The van der Waals surface area contributed by atoms with E-state index in [1.165, 1.54) is 6.33 Å². The first-order valence-electron chi connectivity index (χ1n) is 5.19. The Balaban J connectivity index is 2.03. The van der Waals surface area contributed by atoms with Gasteiger partial charge in [0.05, 0.1) is 12.5 Å². The van der Waals surface area contributed by atoms with Crippen LogP contribution in [0.5, 0.6) is 11.6 Å². The molecule has 18 heavy (non-hydrogen) atoms. The van der Waals surface area contributed by atoms with Crippen LogP contribution >= 0.6 is 11.6 Å². The predicted octanol–water partition coefficient (Wildman–Crippen LogP) is 2.50. The highest BCUT2D eigenvalue weighted by Gasteiger charge is 2.11. The molecule has 1 N–H and O–H groups in total. The molecule has 0 bridgehead atoms. The summed E-state index contributed by atoms with van der Waals surface area (Å²) in [6.45, 7) is 1.90. The Morgan fingerprint density at radius 1 is 1.22 bits per heavy atom. The van der Waals surface area contributed by atoms with E-state index in [1.54, 1.807) is 12.3 Å². The van der Waals surface area contributed by atoms with Crippen LogP contribution in [0.15, 0.2) is 24.7 Å². The van der Waals surface area contributed by atoms with Crippen molar-refractivity contribution in [3.05, 3.63) is 35.6 Å². The second-order valence-corrected chi connectivity index (χ2v) is 3.97. The molecule has 0 aliphatic carbocycles. The molecular formula is C11H8ClN5O. The number of aromatic amines is 1. The summed E-state index contributed by atoms with van der Waals surface area (Å²) in [5, 5.41) is 0.0877. The first-order chi connectivity index (χ1) is 8.72. The van der Waals surface area contributed by atoms with Crippen LogP contribution in [0.2, 0.25) is 5.28 Å². The highest BCUT2D eigenvalue weighted by Crippen LogP contribution is 2.25. The van der Waals surface area contributed by atoms with Gasteiger partial charge in [-0.15, -0.1) is 0 Å². The molecule has 90 valence electrons. The van der Waals surface area contributed by atoms with E-state index in [0.717, 1.165) is 5.69 Å². The number of nitrogens with zero attached hydrogens (tertiary/aromatic N) is 4. The molecule has 0 aliphatic rings. The van der Waals surface area contributed by atoms with Crippen molar-refractivity contribution >= 4 is 22.8 Å². The van der Waals surface area contributed by atoms with Gasteiger partial charge in [0.1, 0.15) is 11.3 Å². The molecule has 0 unspecified atom stereocenters. The Morgan fingerprint density at radius 3 is 2.89 bits per heavy atom. The van der Waals surface area contributed by atoms with Crippen molar-refractivity contribution < 1.29 is 4.74 Å². The van der Waals surface area contributed by atoms with Crippen LogP contribution in [0.3, 0.4) is 0 Å². The third-order valence-corrected chi connectivity index (χ3v) is 2.49. The number of hydrogen-bond donors (Lipinski definition) is 1. The maximum absolute atomic E-state index is 5.80. The van der Waals surface area contributed by atoms with Gasteiger partial charge in [-0.25, -0.2) is 4.98 Å². The summed E-state index contributed by atoms with van der Waals surface area (Å²) in [5.41, 5.74) is 1.97. The lowest BCUT2D eigenvalue weighted by molar-refractivity contribution is 0.464. The van der Waals surface area contributed by atoms with Crippen LogP contribution < -0.4 is 4.74 Å². The van der Waals surface area contributed by atoms with Crippen molar-refractivity contribution in [1.82, 2.24) is 24.9 Å². The quantitative estimate of drug-likeness (QED) is 0.717. The number of nitrogens with one attached hydrogen (secondary N) is 1. The van der Waals surface area contributed by atoms with Crippen molar-refractivity contribution in [3.8, 4) is 11.6 Å². The number of H-pyrrole nitrogens is 1. The molecule has 0 atom stereocenters. The molecule has 0 radical (unpaired) electrons. The van der Waals surface area contributed by atoms with E-state index < -0.39 is 0 Å². The summed E-state index contributed by atoms with van der Waals surface area (Å²) in [6, 6.07) is 3.66. The van der Waals surface area contributed by atoms with Crippen LogP contribution in [-0.4, -0.2) is 24.9 Å². The fraction of sp³-hybridized carbons (Fsp3) is 0.0909. The molecule has 3 aromatic rings. The zero-order chi connectivity index (χ0) is 12.5. The van der Waals surface area contributed by atoms with E-state index >= 15 is 0 Å². The number of rotatable bonds is 2. The Bertz CT molecular complexity index is 694. The first-order valence-corrected chi connectivity index (χ1v) is 5.57. The second kappa shape index (κ2) is 4.23. The third-order valence-electron chi connectivity index (χ3n) is 2.32. The smallest absolute Gasteiger partial charge is 0.250 e. The summed E-state index contributed by atoms with van der Waals surface area (Å²) >= 11 is 5.80. The number of aryl methyl sites for hydroxylation is 1. The maximum Gasteiger partial charge on any atom is 0.250 e. The van der Waals surface area contributed by atoms with Crippen molar-refractivity contribution in [3.63, 3.8) is 0 Å².